The van der Waals surface area contributed by atoms with Crippen molar-refractivity contribution in [3.05, 3.63) is 71.3 Å². The molecule has 1 amide bonds. The number of hydrogen-bond donors (Lipinski definition) is 2. The van der Waals surface area contributed by atoms with Crippen molar-refractivity contribution in [2.75, 3.05) is 17.7 Å². The second-order valence-electron chi connectivity index (χ2n) is 6.30. The van der Waals surface area contributed by atoms with Crippen LogP contribution in [0.25, 0.3) is 0 Å². The summed E-state index contributed by atoms with van der Waals surface area (Å²) in [5.41, 5.74) is 4.29. The Labute approximate surface area is 158 Å². The molecule has 0 aliphatic heterocycles. The van der Waals surface area contributed by atoms with Gasteiger partial charge in [-0.3, -0.25) is 4.79 Å². The number of aromatic nitrogens is 2. The molecule has 27 heavy (non-hydrogen) atoms. The molecule has 2 aromatic carbocycles. The summed E-state index contributed by atoms with van der Waals surface area (Å²) in [7, 11) is 1.61. The van der Waals surface area contributed by atoms with Crippen LogP contribution in [0.1, 0.15) is 16.7 Å². The number of hydrogen-bond acceptors (Lipinski definition) is 5. The normalized spacial score (nSPS) is 10.3. The van der Waals surface area contributed by atoms with Gasteiger partial charge in [0.1, 0.15) is 5.75 Å². The van der Waals surface area contributed by atoms with Gasteiger partial charge in [-0.2, -0.15) is 0 Å². The maximum atomic E-state index is 12.2. The van der Waals surface area contributed by atoms with Crippen LogP contribution in [0.3, 0.4) is 0 Å². The lowest BCUT2D eigenvalue weighted by molar-refractivity contribution is -0.115. The summed E-state index contributed by atoms with van der Waals surface area (Å²) < 4.78 is 5.11. The van der Waals surface area contributed by atoms with E-state index >= 15 is 0 Å². The molecule has 6 nitrogen and oxygen atoms in total. The first-order valence-electron chi connectivity index (χ1n) is 8.64. The van der Waals surface area contributed by atoms with Gasteiger partial charge in [-0.15, -0.1) is 10.2 Å². The number of carbonyl (C=O) groups excluding carboxylic acids is 1. The molecule has 0 saturated heterocycles. The molecule has 0 fully saturated rings. The van der Waals surface area contributed by atoms with Crippen LogP contribution in [-0.2, 0) is 11.2 Å². The average Bonchev–Trinajstić information content (AvgIpc) is 2.67. The van der Waals surface area contributed by atoms with Gasteiger partial charge < -0.3 is 15.4 Å². The fourth-order valence-electron chi connectivity index (χ4n) is 2.55. The highest BCUT2D eigenvalue weighted by atomic mass is 16.5. The van der Waals surface area contributed by atoms with Crippen LogP contribution in [0.2, 0.25) is 0 Å². The molecule has 0 atom stereocenters. The molecule has 0 bridgehead atoms. The Morgan fingerprint density at radius 3 is 2.26 bits per heavy atom. The highest BCUT2D eigenvalue weighted by molar-refractivity contribution is 5.91. The molecular formula is C21H22N4O2. The van der Waals surface area contributed by atoms with E-state index in [1.807, 2.05) is 30.3 Å². The molecule has 0 aliphatic rings. The monoisotopic (exact) mass is 362 g/mol. The van der Waals surface area contributed by atoms with Crippen molar-refractivity contribution in [2.24, 2.45) is 0 Å². The van der Waals surface area contributed by atoms with E-state index < -0.39 is 0 Å². The highest BCUT2D eigenvalue weighted by Gasteiger charge is 2.06. The quantitative estimate of drug-likeness (QED) is 0.692. The Hall–Kier alpha value is -3.41. The number of anilines is 3. The smallest absolute Gasteiger partial charge is 0.229 e. The van der Waals surface area contributed by atoms with E-state index in [0.29, 0.717) is 11.6 Å². The van der Waals surface area contributed by atoms with Crippen LogP contribution in [0.4, 0.5) is 17.3 Å². The lowest BCUT2D eigenvalue weighted by Crippen LogP contribution is -2.15. The van der Waals surface area contributed by atoms with E-state index in [0.717, 1.165) is 17.0 Å². The third-order valence-corrected chi connectivity index (χ3v) is 4.24. The minimum absolute atomic E-state index is 0.149. The molecule has 0 spiro atoms. The van der Waals surface area contributed by atoms with Crippen LogP contribution < -0.4 is 15.4 Å². The number of nitrogens with one attached hydrogen (secondary N) is 2. The minimum Gasteiger partial charge on any atom is -0.497 e. The number of carbonyl (C=O) groups is 1. The summed E-state index contributed by atoms with van der Waals surface area (Å²) in [4.78, 5) is 12.2. The van der Waals surface area contributed by atoms with Crippen molar-refractivity contribution < 1.29 is 9.53 Å². The Morgan fingerprint density at radius 1 is 0.926 bits per heavy atom. The molecule has 0 unspecified atom stereocenters. The van der Waals surface area contributed by atoms with Crippen molar-refractivity contribution in [2.45, 2.75) is 20.3 Å². The van der Waals surface area contributed by atoms with Crippen LogP contribution in [0, 0.1) is 13.8 Å². The second-order valence-corrected chi connectivity index (χ2v) is 6.30. The molecule has 2 N–H and O–H groups in total. The van der Waals surface area contributed by atoms with Gasteiger partial charge in [-0.05, 0) is 66.9 Å². The minimum atomic E-state index is -0.149. The Balaban J connectivity index is 1.57. The van der Waals surface area contributed by atoms with Crippen molar-refractivity contribution in [1.82, 2.24) is 10.2 Å². The summed E-state index contributed by atoms with van der Waals surface area (Å²) in [5, 5.41) is 14.1. The first kappa shape index (κ1) is 18.4. The number of benzene rings is 2. The molecule has 0 radical (unpaired) electrons. The lowest BCUT2D eigenvalue weighted by atomic mass is 10.1. The van der Waals surface area contributed by atoms with Crippen LogP contribution in [0.15, 0.2) is 54.6 Å². The summed E-state index contributed by atoms with van der Waals surface area (Å²) in [6.45, 7) is 4.13. The molecule has 0 aliphatic carbocycles. The van der Waals surface area contributed by atoms with Gasteiger partial charge in [0.25, 0.3) is 0 Å². The predicted octanol–water partition coefficient (Wildman–Crippen LogP) is 4.03. The Bertz CT molecular complexity index is 922. The fraction of sp³-hybridized carbons (Fsp3) is 0.190. The molecule has 6 heteroatoms. The zero-order valence-electron chi connectivity index (χ0n) is 15.6. The number of ether oxygens (including phenoxy) is 1. The molecule has 0 saturated carbocycles. The van der Waals surface area contributed by atoms with Gasteiger partial charge in [0.05, 0.1) is 13.5 Å². The summed E-state index contributed by atoms with van der Waals surface area (Å²) in [6.07, 6.45) is 0.258. The Morgan fingerprint density at radius 2 is 1.63 bits per heavy atom. The average molecular weight is 362 g/mol. The van der Waals surface area contributed by atoms with E-state index in [-0.39, 0.29) is 12.3 Å². The van der Waals surface area contributed by atoms with Crippen molar-refractivity contribution in [3.8, 4) is 5.75 Å². The van der Waals surface area contributed by atoms with E-state index in [1.165, 1.54) is 11.1 Å². The van der Waals surface area contributed by atoms with Gasteiger partial charge in [-0.1, -0.05) is 18.2 Å². The number of rotatable bonds is 6. The molecule has 1 heterocycles. The maximum Gasteiger partial charge on any atom is 0.229 e. The van der Waals surface area contributed by atoms with E-state index in [9.17, 15) is 4.79 Å². The standard InChI is InChI=1S/C21H22N4O2/c1-14-4-7-17(12-15(14)2)22-19-10-11-20(25-24-19)23-21(26)13-16-5-8-18(27-3)9-6-16/h4-12H,13H2,1-3H3,(H,22,24)(H,23,25,26). The molecule has 138 valence electrons. The summed E-state index contributed by atoms with van der Waals surface area (Å²) in [5.74, 6) is 1.65. The van der Waals surface area contributed by atoms with E-state index in [2.05, 4.69) is 46.8 Å². The third kappa shape index (κ3) is 5.04. The van der Waals surface area contributed by atoms with E-state index in [4.69, 9.17) is 4.74 Å². The number of amides is 1. The number of methoxy groups -OCH3 is 1. The molecule has 3 aromatic rings. The summed E-state index contributed by atoms with van der Waals surface area (Å²) in [6, 6.07) is 17.0. The SMILES string of the molecule is COc1ccc(CC(=O)Nc2ccc(Nc3ccc(C)c(C)c3)nn2)cc1. The first-order chi connectivity index (χ1) is 13.0. The lowest BCUT2D eigenvalue weighted by Gasteiger charge is -2.09. The number of aryl methyl sites for hydroxylation is 2. The largest absolute Gasteiger partial charge is 0.497 e. The zero-order chi connectivity index (χ0) is 19.2. The van der Waals surface area contributed by atoms with Crippen LogP contribution in [0.5, 0.6) is 5.75 Å². The predicted molar refractivity (Wildman–Crippen MR) is 107 cm³/mol. The fourth-order valence-corrected chi connectivity index (χ4v) is 2.55. The molecular weight excluding hydrogens is 340 g/mol. The molecule has 3 rings (SSSR count). The van der Waals surface area contributed by atoms with Crippen molar-refractivity contribution >= 4 is 23.2 Å². The van der Waals surface area contributed by atoms with E-state index in [1.54, 1.807) is 19.2 Å². The summed E-state index contributed by atoms with van der Waals surface area (Å²) >= 11 is 0. The van der Waals surface area contributed by atoms with Gasteiger partial charge in [0.15, 0.2) is 11.6 Å². The topological polar surface area (TPSA) is 76.1 Å². The van der Waals surface area contributed by atoms with Gasteiger partial charge in [0, 0.05) is 5.69 Å². The van der Waals surface area contributed by atoms with Crippen LogP contribution >= 0.6 is 0 Å². The third-order valence-electron chi connectivity index (χ3n) is 4.24. The maximum absolute atomic E-state index is 12.2. The molecule has 1 aromatic heterocycles. The second kappa shape index (κ2) is 8.31. The first-order valence-corrected chi connectivity index (χ1v) is 8.64. The zero-order valence-corrected chi connectivity index (χ0v) is 15.6. The van der Waals surface area contributed by atoms with Gasteiger partial charge in [0.2, 0.25) is 5.91 Å². The van der Waals surface area contributed by atoms with Gasteiger partial charge in [-0.25, -0.2) is 0 Å². The highest BCUT2D eigenvalue weighted by Crippen LogP contribution is 2.18. The van der Waals surface area contributed by atoms with Crippen molar-refractivity contribution in [3.63, 3.8) is 0 Å². The van der Waals surface area contributed by atoms with Crippen LogP contribution in [-0.4, -0.2) is 23.2 Å². The number of nitrogens with zero attached hydrogens (tertiary/aromatic N) is 2. The van der Waals surface area contributed by atoms with Crippen molar-refractivity contribution in [1.29, 1.82) is 0 Å². The Kier molecular flexibility index (Phi) is 5.66. The van der Waals surface area contributed by atoms with Gasteiger partial charge >= 0.3 is 0 Å².